The molecule has 7 heteroatoms. The van der Waals surface area contributed by atoms with Gasteiger partial charge in [-0.05, 0) is 31.0 Å². The number of amides is 3. The summed E-state index contributed by atoms with van der Waals surface area (Å²) in [6, 6.07) is 11.7. The van der Waals surface area contributed by atoms with E-state index >= 15 is 0 Å². The first-order chi connectivity index (χ1) is 12.2. The Morgan fingerprint density at radius 2 is 1.84 bits per heavy atom. The van der Waals surface area contributed by atoms with E-state index in [4.69, 9.17) is 0 Å². The number of para-hydroxylation sites is 1. The number of carbonyl (C=O) groups is 2. The molecule has 2 aromatic rings. The highest BCUT2D eigenvalue weighted by Crippen LogP contribution is 2.20. The third kappa shape index (κ3) is 3.09. The zero-order chi connectivity index (χ0) is 17.2. The predicted octanol–water partition coefficient (Wildman–Crippen LogP) is 1.50. The summed E-state index contributed by atoms with van der Waals surface area (Å²) in [5, 5.41) is 7.25. The highest BCUT2D eigenvalue weighted by molar-refractivity contribution is 5.92. The Kier molecular flexibility index (Phi) is 4.13. The number of nitrogens with one attached hydrogen (secondary N) is 1. The van der Waals surface area contributed by atoms with Crippen LogP contribution in [0, 0.1) is 0 Å². The Hall–Kier alpha value is -2.83. The number of piperidine rings is 1. The van der Waals surface area contributed by atoms with Crippen molar-refractivity contribution < 1.29 is 9.59 Å². The van der Waals surface area contributed by atoms with Gasteiger partial charge in [-0.25, -0.2) is 9.48 Å². The lowest BCUT2D eigenvalue weighted by Gasteiger charge is -2.35. The molecule has 2 fully saturated rings. The molecule has 25 heavy (non-hydrogen) atoms. The number of aromatic nitrogens is 2. The molecule has 0 atom stereocenters. The highest BCUT2D eigenvalue weighted by Gasteiger charge is 2.32. The number of hydrogen-bond acceptors (Lipinski definition) is 3. The lowest BCUT2D eigenvalue weighted by Crippen LogP contribution is -2.47. The summed E-state index contributed by atoms with van der Waals surface area (Å²) >= 11 is 0. The minimum Gasteiger partial charge on any atom is -0.337 e. The van der Waals surface area contributed by atoms with E-state index in [2.05, 4.69) is 10.4 Å². The van der Waals surface area contributed by atoms with Gasteiger partial charge in [0.1, 0.15) is 0 Å². The van der Waals surface area contributed by atoms with Crippen molar-refractivity contribution in [1.29, 1.82) is 0 Å². The largest absolute Gasteiger partial charge is 0.337 e. The van der Waals surface area contributed by atoms with Crippen LogP contribution in [0.4, 0.5) is 4.79 Å². The molecular weight excluding hydrogens is 318 g/mol. The SMILES string of the molecule is O=C(c1ccn(-c2ccccc2)n1)N1CCC(N2CCNC2=O)CC1. The molecule has 7 nitrogen and oxygen atoms in total. The van der Waals surface area contributed by atoms with E-state index in [0.29, 0.717) is 18.8 Å². The third-order valence-electron chi connectivity index (χ3n) is 4.91. The number of rotatable bonds is 3. The minimum atomic E-state index is -0.0426. The summed E-state index contributed by atoms with van der Waals surface area (Å²) in [7, 11) is 0. The topological polar surface area (TPSA) is 70.5 Å². The van der Waals surface area contributed by atoms with Crippen LogP contribution in [0.3, 0.4) is 0 Å². The van der Waals surface area contributed by atoms with Gasteiger partial charge in [0.15, 0.2) is 5.69 Å². The van der Waals surface area contributed by atoms with Gasteiger partial charge >= 0.3 is 6.03 Å². The van der Waals surface area contributed by atoms with Gasteiger partial charge < -0.3 is 15.1 Å². The van der Waals surface area contributed by atoms with Crippen molar-refractivity contribution >= 4 is 11.9 Å². The van der Waals surface area contributed by atoms with Gasteiger partial charge in [-0.2, -0.15) is 5.10 Å². The van der Waals surface area contributed by atoms with Crippen LogP contribution in [0.1, 0.15) is 23.3 Å². The molecule has 0 bridgehead atoms. The first-order valence-electron chi connectivity index (χ1n) is 8.67. The Bertz CT molecular complexity index is 765. The van der Waals surface area contributed by atoms with Crippen LogP contribution < -0.4 is 5.32 Å². The lowest BCUT2D eigenvalue weighted by atomic mass is 10.0. The van der Waals surface area contributed by atoms with E-state index in [1.54, 1.807) is 10.7 Å². The molecule has 0 aliphatic carbocycles. The summed E-state index contributed by atoms with van der Waals surface area (Å²) < 4.78 is 1.72. The lowest BCUT2D eigenvalue weighted by molar-refractivity contribution is 0.0660. The molecule has 2 aliphatic rings. The average molecular weight is 339 g/mol. The Labute approximate surface area is 146 Å². The molecule has 3 amide bonds. The molecule has 0 saturated carbocycles. The second-order valence-corrected chi connectivity index (χ2v) is 6.43. The maximum Gasteiger partial charge on any atom is 0.317 e. The van der Waals surface area contributed by atoms with E-state index in [9.17, 15) is 9.59 Å². The first kappa shape index (κ1) is 15.7. The van der Waals surface area contributed by atoms with Crippen LogP contribution >= 0.6 is 0 Å². The van der Waals surface area contributed by atoms with Crippen LogP contribution in [0.5, 0.6) is 0 Å². The second-order valence-electron chi connectivity index (χ2n) is 6.43. The maximum atomic E-state index is 12.7. The molecule has 130 valence electrons. The van der Waals surface area contributed by atoms with Gasteiger partial charge in [0.25, 0.3) is 5.91 Å². The number of nitrogens with zero attached hydrogens (tertiary/aromatic N) is 4. The van der Waals surface area contributed by atoms with Gasteiger partial charge in [-0.3, -0.25) is 4.79 Å². The van der Waals surface area contributed by atoms with Gasteiger partial charge in [0, 0.05) is 38.4 Å². The fraction of sp³-hybridized carbons (Fsp3) is 0.389. The predicted molar refractivity (Wildman–Crippen MR) is 92.6 cm³/mol. The molecule has 2 aliphatic heterocycles. The van der Waals surface area contributed by atoms with Crippen molar-refractivity contribution in [3.8, 4) is 5.69 Å². The van der Waals surface area contributed by atoms with Gasteiger partial charge in [0.2, 0.25) is 0 Å². The third-order valence-corrected chi connectivity index (χ3v) is 4.91. The molecule has 3 heterocycles. The first-order valence-corrected chi connectivity index (χ1v) is 8.67. The Morgan fingerprint density at radius 1 is 1.08 bits per heavy atom. The molecule has 4 rings (SSSR count). The van der Waals surface area contributed by atoms with Crippen LogP contribution in [0.2, 0.25) is 0 Å². The second kappa shape index (κ2) is 6.58. The molecule has 1 aromatic carbocycles. The van der Waals surface area contributed by atoms with E-state index in [0.717, 1.165) is 31.6 Å². The van der Waals surface area contributed by atoms with E-state index in [1.807, 2.05) is 46.3 Å². The molecule has 2 saturated heterocycles. The molecular formula is C18H21N5O2. The monoisotopic (exact) mass is 339 g/mol. The smallest absolute Gasteiger partial charge is 0.317 e. The van der Waals surface area contributed by atoms with Crippen molar-refractivity contribution in [3.63, 3.8) is 0 Å². The zero-order valence-electron chi connectivity index (χ0n) is 14.0. The van der Waals surface area contributed by atoms with Crippen molar-refractivity contribution in [3.05, 3.63) is 48.3 Å². The number of likely N-dealkylation sites (tertiary alicyclic amines) is 1. The highest BCUT2D eigenvalue weighted by atomic mass is 16.2. The van der Waals surface area contributed by atoms with Crippen LogP contribution in [-0.4, -0.2) is 63.7 Å². The summed E-state index contributed by atoms with van der Waals surface area (Å²) in [4.78, 5) is 28.2. The van der Waals surface area contributed by atoms with Crippen molar-refractivity contribution in [2.45, 2.75) is 18.9 Å². The normalized spacial score (nSPS) is 18.5. The minimum absolute atomic E-state index is 0.0198. The summed E-state index contributed by atoms with van der Waals surface area (Å²) in [6.07, 6.45) is 3.45. The van der Waals surface area contributed by atoms with Crippen LogP contribution in [0.25, 0.3) is 5.69 Å². The molecule has 1 aromatic heterocycles. The molecule has 0 spiro atoms. The number of benzene rings is 1. The van der Waals surface area contributed by atoms with Gasteiger partial charge in [-0.15, -0.1) is 0 Å². The average Bonchev–Trinajstić information content (AvgIpc) is 3.31. The van der Waals surface area contributed by atoms with Gasteiger partial charge in [0.05, 0.1) is 5.69 Å². The Morgan fingerprint density at radius 3 is 2.52 bits per heavy atom. The molecule has 0 unspecified atom stereocenters. The quantitative estimate of drug-likeness (QED) is 0.921. The summed E-state index contributed by atoms with van der Waals surface area (Å²) in [5.74, 6) is -0.0426. The molecule has 0 radical (unpaired) electrons. The van der Waals surface area contributed by atoms with Crippen LogP contribution in [0.15, 0.2) is 42.6 Å². The standard InChI is InChI=1S/C18H21N5O2/c24-17(16-8-12-23(20-16)15-4-2-1-3-5-15)21-10-6-14(7-11-21)22-13-9-19-18(22)25/h1-5,8,12,14H,6-7,9-11,13H2,(H,19,25). The number of urea groups is 1. The maximum absolute atomic E-state index is 12.7. The fourth-order valence-electron chi connectivity index (χ4n) is 3.54. The fourth-order valence-corrected chi connectivity index (χ4v) is 3.54. The van der Waals surface area contributed by atoms with Crippen molar-refractivity contribution in [2.24, 2.45) is 0 Å². The van der Waals surface area contributed by atoms with E-state index in [1.165, 1.54) is 0 Å². The van der Waals surface area contributed by atoms with Gasteiger partial charge in [-0.1, -0.05) is 18.2 Å². The summed E-state index contributed by atoms with van der Waals surface area (Å²) in [6.45, 7) is 2.80. The van der Waals surface area contributed by atoms with E-state index in [-0.39, 0.29) is 18.0 Å². The van der Waals surface area contributed by atoms with Crippen molar-refractivity contribution in [1.82, 2.24) is 24.9 Å². The number of hydrogen-bond donors (Lipinski definition) is 1. The van der Waals surface area contributed by atoms with E-state index < -0.39 is 0 Å². The molecule has 1 N–H and O–H groups in total. The van der Waals surface area contributed by atoms with Crippen LogP contribution in [-0.2, 0) is 0 Å². The summed E-state index contributed by atoms with van der Waals surface area (Å²) in [5.41, 5.74) is 1.39. The number of carbonyl (C=O) groups excluding carboxylic acids is 2. The van der Waals surface area contributed by atoms with Crippen molar-refractivity contribution in [2.75, 3.05) is 26.2 Å². The zero-order valence-corrected chi connectivity index (χ0v) is 14.0. The Balaban J connectivity index is 1.39.